The number of ether oxygens (including phenoxy) is 1. The predicted molar refractivity (Wildman–Crippen MR) is 99.6 cm³/mol. The van der Waals surface area contributed by atoms with Gasteiger partial charge in [-0.1, -0.05) is 29.8 Å². The summed E-state index contributed by atoms with van der Waals surface area (Å²) in [5.41, 5.74) is 8.15. The Bertz CT molecular complexity index is 801. The van der Waals surface area contributed by atoms with Gasteiger partial charge in [-0.3, -0.25) is 10.1 Å². The number of benzene rings is 1. The number of carbonyl (C=O) groups is 1. The molecule has 0 aromatic heterocycles. The lowest BCUT2D eigenvalue weighted by Gasteiger charge is -2.37. The van der Waals surface area contributed by atoms with E-state index in [2.05, 4.69) is 0 Å². The van der Waals surface area contributed by atoms with Gasteiger partial charge in [0.1, 0.15) is 11.7 Å². The summed E-state index contributed by atoms with van der Waals surface area (Å²) in [5, 5.41) is 12.5. The van der Waals surface area contributed by atoms with E-state index < -0.39 is 16.8 Å². The van der Waals surface area contributed by atoms with Crippen LogP contribution in [0, 0.1) is 17.0 Å². The summed E-state index contributed by atoms with van der Waals surface area (Å²) in [6.45, 7) is 4.36. The Morgan fingerprint density at radius 1 is 1.42 bits per heavy atom. The minimum absolute atomic E-state index is 0.00388. The summed E-state index contributed by atoms with van der Waals surface area (Å²) in [6, 6.07) is 7.35. The normalized spacial score (nSPS) is 20.1. The molecule has 8 heteroatoms. The van der Waals surface area contributed by atoms with Gasteiger partial charge < -0.3 is 15.4 Å². The summed E-state index contributed by atoms with van der Waals surface area (Å²) in [6.07, 6.45) is 0.838. The van der Waals surface area contributed by atoms with E-state index in [-0.39, 0.29) is 23.7 Å². The summed E-state index contributed by atoms with van der Waals surface area (Å²) >= 11 is 1.41. The number of carbonyl (C=O) groups excluding carboxylic acids is 1. The number of fused-ring (bicyclic) bond motifs is 1. The molecule has 0 saturated carbocycles. The van der Waals surface area contributed by atoms with Crippen molar-refractivity contribution in [1.29, 1.82) is 0 Å². The van der Waals surface area contributed by atoms with Gasteiger partial charge in [-0.15, -0.1) is 11.8 Å². The maximum absolute atomic E-state index is 12.7. The van der Waals surface area contributed by atoms with Crippen LogP contribution in [-0.4, -0.2) is 34.7 Å². The van der Waals surface area contributed by atoms with E-state index in [1.807, 2.05) is 19.1 Å². The third-order valence-electron chi connectivity index (χ3n) is 4.46. The standard InChI is InChI=1S/C18H21N3O4S/c1-3-25-18(22)14-13(12-7-5-11(2)6-8-12)15(21(23)24)17-20(16(14)19)9-4-10-26-17/h5-8,13H,3-4,9-10,19H2,1-2H3. The molecule has 26 heavy (non-hydrogen) atoms. The van der Waals surface area contributed by atoms with E-state index in [1.165, 1.54) is 11.8 Å². The molecule has 1 aromatic rings. The smallest absolute Gasteiger partial charge is 0.338 e. The Morgan fingerprint density at radius 3 is 2.73 bits per heavy atom. The van der Waals surface area contributed by atoms with Gasteiger partial charge in [0.2, 0.25) is 0 Å². The lowest BCUT2D eigenvalue weighted by Crippen LogP contribution is -2.40. The van der Waals surface area contributed by atoms with Gasteiger partial charge in [-0.2, -0.15) is 0 Å². The fourth-order valence-electron chi connectivity index (χ4n) is 3.26. The molecule has 1 atom stereocenters. The Morgan fingerprint density at radius 2 is 2.12 bits per heavy atom. The van der Waals surface area contributed by atoms with E-state index in [4.69, 9.17) is 10.5 Å². The number of aryl methyl sites for hydroxylation is 1. The van der Waals surface area contributed by atoms with Crippen molar-refractivity contribution in [2.45, 2.75) is 26.2 Å². The molecule has 1 unspecified atom stereocenters. The molecule has 7 nitrogen and oxygen atoms in total. The van der Waals surface area contributed by atoms with Crippen molar-refractivity contribution in [1.82, 2.24) is 4.90 Å². The van der Waals surface area contributed by atoms with E-state index in [0.717, 1.165) is 17.7 Å². The maximum Gasteiger partial charge on any atom is 0.338 e. The molecule has 3 rings (SSSR count). The molecule has 0 amide bonds. The van der Waals surface area contributed by atoms with E-state index in [9.17, 15) is 14.9 Å². The maximum atomic E-state index is 12.7. The number of allylic oxidation sites excluding steroid dienone is 1. The van der Waals surface area contributed by atoms with Gasteiger partial charge >= 0.3 is 5.97 Å². The van der Waals surface area contributed by atoms with Gasteiger partial charge in [0.25, 0.3) is 5.70 Å². The average Bonchev–Trinajstić information content (AvgIpc) is 2.62. The van der Waals surface area contributed by atoms with Crippen LogP contribution in [0.25, 0.3) is 0 Å². The Balaban J connectivity index is 2.22. The molecule has 0 spiro atoms. The van der Waals surface area contributed by atoms with E-state index in [0.29, 0.717) is 17.1 Å². The van der Waals surface area contributed by atoms with Crippen molar-refractivity contribution in [3.05, 3.63) is 67.6 Å². The summed E-state index contributed by atoms with van der Waals surface area (Å²) in [4.78, 5) is 25.9. The molecule has 1 aromatic carbocycles. The first-order valence-electron chi connectivity index (χ1n) is 8.48. The van der Waals surface area contributed by atoms with E-state index in [1.54, 1.807) is 24.0 Å². The number of hydrogen-bond donors (Lipinski definition) is 1. The monoisotopic (exact) mass is 375 g/mol. The Kier molecular flexibility index (Phi) is 5.22. The molecular weight excluding hydrogens is 354 g/mol. The molecule has 2 aliphatic rings. The number of thioether (sulfide) groups is 1. The van der Waals surface area contributed by atoms with Gasteiger partial charge in [0, 0.05) is 12.3 Å². The zero-order valence-corrected chi connectivity index (χ0v) is 15.5. The number of nitro groups is 1. The van der Waals surface area contributed by atoms with Crippen LogP contribution in [0.3, 0.4) is 0 Å². The molecular formula is C18H21N3O4S. The molecule has 2 heterocycles. The van der Waals surface area contributed by atoms with Crippen LogP contribution in [0.4, 0.5) is 0 Å². The van der Waals surface area contributed by atoms with E-state index >= 15 is 0 Å². The Labute approximate surface area is 156 Å². The van der Waals surface area contributed by atoms with Crippen LogP contribution in [0.1, 0.15) is 30.4 Å². The van der Waals surface area contributed by atoms with Crippen LogP contribution in [0.5, 0.6) is 0 Å². The molecule has 0 bridgehead atoms. The minimum atomic E-state index is -0.846. The third-order valence-corrected chi connectivity index (χ3v) is 5.66. The lowest BCUT2D eigenvalue weighted by molar-refractivity contribution is -0.431. The fraction of sp³-hybridized carbons (Fsp3) is 0.389. The van der Waals surface area contributed by atoms with Crippen molar-refractivity contribution < 1.29 is 14.5 Å². The molecule has 2 N–H and O–H groups in total. The van der Waals surface area contributed by atoms with Crippen LogP contribution < -0.4 is 5.73 Å². The molecule has 1 fully saturated rings. The van der Waals surface area contributed by atoms with Gasteiger partial charge in [-0.05, 0) is 25.8 Å². The number of nitrogens with two attached hydrogens (primary N) is 1. The van der Waals surface area contributed by atoms with Crippen molar-refractivity contribution in [3.8, 4) is 0 Å². The second kappa shape index (κ2) is 7.41. The molecule has 0 aliphatic carbocycles. The molecule has 0 radical (unpaired) electrons. The molecule has 2 aliphatic heterocycles. The SMILES string of the molecule is CCOC(=O)C1=C(N)N2CCCSC2=C([N+](=O)[O-])C1c1ccc(C)cc1. The van der Waals surface area contributed by atoms with Crippen molar-refractivity contribution in [2.75, 3.05) is 18.9 Å². The first kappa shape index (κ1) is 18.3. The van der Waals surface area contributed by atoms with Crippen LogP contribution in [-0.2, 0) is 9.53 Å². The van der Waals surface area contributed by atoms with Crippen LogP contribution in [0.2, 0.25) is 0 Å². The summed E-state index contributed by atoms with van der Waals surface area (Å²) in [7, 11) is 0. The van der Waals surface area contributed by atoms with Gasteiger partial charge in [-0.25, -0.2) is 4.79 Å². The van der Waals surface area contributed by atoms with Crippen molar-refractivity contribution in [2.24, 2.45) is 5.73 Å². The third kappa shape index (κ3) is 3.16. The highest BCUT2D eigenvalue weighted by molar-refractivity contribution is 8.03. The highest BCUT2D eigenvalue weighted by atomic mass is 32.2. The number of rotatable bonds is 4. The molecule has 138 valence electrons. The Hall–Kier alpha value is -2.48. The average molecular weight is 375 g/mol. The second-order valence-corrected chi connectivity index (χ2v) is 7.25. The predicted octanol–water partition coefficient (Wildman–Crippen LogP) is 2.71. The first-order chi connectivity index (χ1) is 12.5. The first-order valence-corrected chi connectivity index (χ1v) is 9.46. The second-order valence-electron chi connectivity index (χ2n) is 6.16. The highest BCUT2D eigenvalue weighted by Crippen LogP contribution is 2.46. The molecule has 1 saturated heterocycles. The largest absolute Gasteiger partial charge is 0.463 e. The zero-order chi connectivity index (χ0) is 18.8. The van der Waals surface area contributed by atoms with Gasteiger partial charge in [0.15, 0.2) is 5.03 Å². The quantitative estimate of drug-likeness (QED) is 0.491. The summed E-state index contributed by atoms with van der Waals surface area (Å²) in [5.74, 6) is -0.418. The zero-order valence-electron chi connectivity index (χ0n) is 14.7. The van der Waals surface area contributed by atoms with Crippen LogP contribution in [0.15, 0.2) is 46.4 Å². The number of esters is 1. The fourth-order valence-corrected chi connectivity index (χ4v) is 4.42. The lowest BCUT2D eigenvalue weighted by atomic mass is 9.85. The number of nitrogens with zero attached hydrogens (tertiary/aromatic N) is 2. The van der Waals surface area contributed by atoms with Crippen molar-refractivity contribution in [3.63, 3.8) is 0 Å². The highest BCUT2D eigenvalue weighted by Gasteiger charge is 2.46. The summed E-state index contributed by atoms with van der Waals surface area (Å²) < 4.78 is 5.18. The number of hydrogen-bond acceptors (Lipinski definition) is 7. The van der Waals surface area contributed by atoms with Crippen LogP contribution >= 0.6 is 11.8 Å². The van der Waals surface area contributed by atoms with Gasteiger partial charge in [0.05, 0.1) is 17.1 Å². The topological polar surface area (TPSA) is 98.7 Å². The minimum Gasteiger partial charge on any atom is -0.463 e. The van der Waals surface area contributed by atoms with Crippen molar-refractivity contribution >= 4 is 17.7 Å².